The summed E-state index contributed by atoms with van der Waals surface area (Å²) < 4.78 is 0. The molecular weight excluding hydrogens is 292 g/mol. The highest BCUT2D eigenvalue weighted by Crippen LogP contribution is 2.29. The summed E-state index contributed by atoms with van der Waals surface area (Å²) in [5, 5.41) is 3.48. The third kappa shape index (κ3) is 3.92. The molecule has 1 amide bonds. The van der Waals surface area contributed by atoms with E-state index in [2.05, 4.69) is 5.32 Å². The Hall–Kier alpha value is -1.65. The summed E-state index contributed by atoms with van der Waals surface area (Å²) in [7, 11) is 0. The van der Waals surface area contributed by atoms with Crippen LogP contribution in [0.1, 0.15) is 5.56 Å². The van der Waals surface area contributed by atoms with Crippen molar-refractivity contribution in [2.75, 3.05) is 16.8 Å². The number of nitrogens with two attached hydrogens (primary N) is 1. The van der Waals surface area contributed by atoms with Crippen LogP contribution in [0.2, 0.25) is 5.02 Å². The fourth-order valence-corrected chi connectivity index (χ4v) is 2.74. The number of nitrogens with one attached hydrogen (secondary N) is 1. The first-order valence-corrected chi connectivity index (χ1v) is 7.46. The number of para-hydroxylation sites is 1. The van der Waals surface area contributed by atoms with Crippen molar-refractivity contribution in [3.8, 4) is 0 Å². The molecule has 3 N–H and O–H groups in total. The molecule has 20 heavy (non-hydrogen) atoms. The predicted molar refractivity (Wildman–Crippen MR) is 86.4 cm³/mol. The van der Waals surface area contributed by atoms with E-state index in [1.54, 1.807) is 18.2 Å². The maximum atomic E-state index is 11.9. The van der Waals surface area contributed by atoms with Crippen molar-refractivity contribution in [2.45, 2.75) is 11.8 Å². The summed E-state index contributed by atoms with van der Waals surface area (Å²) in [6.45, 7) is 1.96. The van der Waals surface area contributed by atoms with Crippen LogP contribution in [0, 0.1) is 6.92 Å². The quantitative estimate of drug-likeness (QED) is 0.664. The Balaban J connectivity index is 1.96. The van der Waals surface area contributed by atoms with Crippen molar-refractivity contribution in [3.63, 3.8) is 0 Å². The average Bonchev–Trinajstić information content (AvgIpc) is 2.42. The maximum absolute atomic E-state index is 11.9. The van der Waals surface area contributed by atoms with Gasteiger partial charge in [-0.15, -0.1) is 11.8 Å². The Labute approximate surface area is 127 Å². The van der Waals surface area contributed by atoms with E-state index in [1.807, 2.05) is 31.2 Å². The van der Waals surface area contributed by atoms with Gasteiger partial charge in [-0.05, 0) is 36.8 Å². The summed E-state index contributed by atoms with van der Waals surface area (Å²) in [5.41, 5.74) is 8.21. The number of hydrogen-bond donors (Lipinski definition) is 2. The van der Waals surface area contributed by atoms with E-state index in [0.29, 0.717) is 10.7 Å². The normalized spacial score (nSPS) is 10.3. The molecule has 0 aliphatic carbocycles. The molecule has 0 saturated heterocycles. The van der Waals surface area contributed by atoms with E-state index in [0.717, 1.165) is 16.1 Å². The second kappa shape index (κ2) is 6.68. The van der Waals surface area contributed by atoms with Gasteiger partial charge in [-0.25, -0.2) is 0 Å². The molecule has 0 aliphatic heterocycles. The first-order chi connectivity index (χ1) is 9.56. The first-order valence-electron chi connectivity index (χ1n) is 6.09. The highest BCUT2D eigenvalue weighted by molar-refractivity contribution is 8.00. The smallest absolute Gasteiger partial charge is 0.234 e. The molecule has 5 heteroatoms. The number of aryl methyl sites for hydroxylation is 1. The minimum atomic E-state index is -0.0669. The van der Waals surface area contributed by atoms with Crippen molar-refractivity contribution in [3.05, 3.63) is 53.1 Å². The third-order valence-corrected chi connectivity index (χ3v) is 4.23. The van der Waals surface area contributed by atoms with Gasteiger partial charge in [0.05, 0.1) is 10.8 Å². The van der Waals surface area contributed by atoms with Crippen LogP contribution in [0.3, 0.4) is 0 Å². The van der Waals surface area contributed by atoms with E-state index in [9.17, 15) is 4.79 Å². The van der Waals surface area contributed by atoms with Gasteiger partial charge in [0.15, 0.2) is 0 Å². The van der Waals surface area contributed by atoms with Gasteiger partial charge >= 0.3 is 0 Å². The number of thioether (sulfide) groups is 1. The molecular formula is C15H15ClN2OS. The lowest BCUT2D eigenvalue weighted by molar-refractivity contribution is -0.113. The number of carbonyl (C=O) groups excluding carboxylic acids is 1. The number of benzene rings is 2. The maximum Gasteiger partial charge on any atom is 0.234 e. The molecule has 2 rings (SSSR count). The fraction of sp³-hybridized carbons (Fsp3) is 0.133. The molecule has 3 nitrogen and oxygen atoms in total. The molecule has 104 valence electrons. The number of nitrogen functional groups attached to an aromatic ring is 1. The van der Waals surface area contributed by atoms with Crippen LogP contribution in [0.5, 0.6) is 0 Å². The van der Waals surface area contributed by atoms with E-state index >= 15 is 0 Å². The van der Waals surface area contributed by atoms with Gasteiger partial charge in [-0.1, -0.05) is 29.8 Å². The lowest BCUT2D eigenvalue weighted by atomic mass is 10.2. The molecule has 0 radical (unpaired) electrons. The number of anilines is 2. The number of rotatable bonds is 4. The summed E-state index contributed by atoms with van der Waals surface area (Å²) >= 11 is 7.43. The second-order valence-corrected chi connectivity index (χ2v) is 5.77. The summed E-state index contributed by atoms with van der Waals surface area (Å²) in [4.78, 5) is 12.7. The Morgan fingerprint density at radius 2 is 2.05 bits per heavy atom. The highest BCUT2D eigenvalue weighted by atomic mass is 35.5. The molecule has 0 bridgehead atoms. The lowest BCUT2D eigenvalue weighted by Gasteiger charge is -2.08. The Kier molecular flexibility index (Phi) is 4.93. The highest BCUT2D eigenvalue weighted by Gasteiger charge is 2.07. The van der Waals surface area contributed by atoms with Gasteiger partial charge in [0.2, 0.25) is 5.91 Å². The molecule has 2 aromatic rings. The van der Waals surface area contributed by atoms with Crippen LogP contribution >= 0.6 is 23.4 Å². The zero-order valence-corrected chi connectivity index (χ0v) is 12.6. The minimum absolute atomic E-state index is 0.0669. The summed E-state index contributed by atoms with van der Waals surface area (Å²) in [5.74, 6) is 0.222. The van der Waals surface area contributed by atoms with Gasteiger partial charge < -0.3 is 11.1 Å². The van der Waals surface area contributed by atoms with Crippen LogP contribution in [-0.4, -0.2) is 11.7 Å². The molecule has 0 aromatic heterocycles. The zero-order valence-electron chi connectivity index (χ0n) is 11.0. The lowest BCUT2D eigenvalue weighted by Crippen LogP contribution is -2.14. The second-order valence-electron chi connectivity index (χ2n) is 4.34. The minimum Gasteiger partial charge on any atom is -0.399 e. The van der Waals surface area contributed by atoms with Crippen molar-refractivity contribution >= 4 is 40.6 Å². The van der Waals surface area contributed by atoms with Crippen LogP contribution in [0.25, 0.3) is 0 Å². The van der Waals surface area contributed by atoms with Crippen molar-refractivity contribution < 1.29 is 4.79 Å². The van der Waals surface area contributed by atoms with Gasteiger partial charge in [0.25, 0.3) is 0 Å². The Bertz CT molecular complexity index is 631. The Morgan fingerprint density at radius 1 is 1.30 bits per heavy atom. The van der Waals surface area contributed by atoms with Crippen molar-refractivity contribution in [1.82, 2.24) is 0 Å². The first kappa shape index (κ1) is 14.8. The SMILES string of the molecule is Cc1ccccc1NC(=O)CSc1cc(N)ccc1Cl. The van der Waals surface area contributed by atoms with Gasteiger partial charge in [0.1, 0.15) is 0 Å². The zero-order chi connectivity index (χ0) is 14.5. The molecule has 0 fully saturated rings. The van der Waals surface area contributed by atoms with E-state index < -0.39 is 0 Å². The number of amides is 1. The number of carbonyl (C=O) groups is 1. The van der Waals surface area contributed by atoms with Crippen molar-refractivity contribution in [1.29, 1.82) is 0 Å². The van der Waals surface area contributed by atoms with E-state index in [-0.39, 0.29) is 11.7 Å². The summed E-state index contributed by atoms with van der Waals surface area (Å²) in [6, 6.07) is 12.9. The van der Waals surface area contributed by atoms with Crippen LogP contribution in [0.15, 0.2) is 47.4 Å². The van der Waals surface area contributed by atoms with Crippen LogP contribution in [-0.2, 0) is 4.79 Å². The standard InChI is InChI=1S/C15H15ClN2OS/c1-10-4-2-3-5-13(10)18-15(19)9-20-14-8-11(17)6-7-12(14)16/h2-8H,9,17H2,1H3,(H,18,19). The number of halogens is 1. The van der Waals surface area contributed by atoms with Crippen LogP contribution in [0.4, 0.5) is 11.4 Å². The number of hydrogen-bond acceptors (Lipinski definition) is 3. The molecule has 0 heterocycles. The molecule has 0 atom stereocenters. The Morgan fingerprint density at radius 3 is 2.80 bits per heavy atom. The third-order valence-electron chi connectivity index (χ3n) is 2.73. The fourth-order valence-electron chi connectivity index (χ4n) is 1.67. The molecule has 0 saturated carbocycles. The average molecular weight is 307 g/mol. The monoisotopic (exact) mass is 306 g/mol. The largest absolute Gasteiger partial charge is 0.399 e. The van der Waals surface area contributed by atoms with Gasteiger partial charge in [-0.2, -0.15) is 0 Å². The van der Waals surface area contributed by atoms with E-state index in [1.165, 1.54) is 11.8 Å². The molecule has 2 aromatic carbocycles. The molecule has 0 unspecified atom stereocenters. The van der Waals surface area contributed by atoms with Gasteiger partial charge in [0, 0.05) is 16.3 Å². The summed E-state index contributed by atoms with van der Waals surface area (Å²) in [6.07, 6.45) is 0. The topological polar surface area (TPSA) is 55.1 Å². The molecule has 0 aliphatic rings. The van der Waals surface area contributed by atoms with Crippen molar-refractivity contribution in [2.24, 2.45) is 0 Å². The predicted octanol–water partition coefficient (Wildman–Crippen LogP) is 3.96. The van der Waals surface area contributed by atoms with E-state index in [4.69, 9.17) is 17.3 Å². The van der Waals surface area contributed by atoms with Crippen LogP contribution < -0.4 is 11.1 Å². The molecule has 0 spiro atoms. The van der Waals surface area contributed by atoms with Gasteiger partial charge in [-0.3, -0.25) is 4.79 Å².